The van der Waals surface area contributed by atoms with E-state index in [0.29, 0.717) is 34.2 Å². The lowest BCUT2D eigenvalue weighted by Gasteiger charge is -2.12. The molecule has 10 heteroatoms. The maximum Gasteiger partial charge on any atom is 0.586 e. The van der Waals surface area contributed by atoms with E-state index in [1.807, 2.05) is 24.3 Å². The Bertz CT molecular complexity index is 1420. The average molecular weight is 532 g/mol. The largest absolute Gasteiger partial charge is 0.586 e. The van der Waals surface area contributed by atoms with Crippen LogP contribution in [-0.2, 0) is 12.6 Å². The quantitative estimate of drug-likeness (QED) is 0.346. The van der Waals surface area contributed by atoms with Gasteiger partial charge in [-0.1, -0.05) is 22.0 Å². The van der Waals surface area contributed by atoms with Gasteiger partial charge in [-0.25, -0.2) is 4.98 Å². The summed E-state index contributed by atoms with van der Waals surface area (Å²) in [5, 5.41) is 14.9. The van der Waals surface area contributed by atoms with Crippen LogP contribution >= 0.6 is 15.9 Å². The van der Waals surface area contributed by atoms with Crippen LogP contribution in [0.1, 0.15) is 25.4 Å². The zero-order valence-corrected chi connectivity index (χ0v) is 20.3. The van der Waals surface area contributed by atoms with E-state index in [4.69, 9.17) is 4.42 Å². The van der Waals surface area contributed by atoms with Crippen molar-refractivity contribution >= 4 is 15.9 Å². The Morgan fingerprint density at radius 2 is 1.76 bits per heavy atom. The Hall–Kier alpha value is -3.24. The molecule has 0 saturated carbocycles. The van der Waals surface area contributed by atoms with Crippen molar-refractivity contribution in [3.05, 3.63) is 58.5 Å². The monoisotopic (exact) mass is 531 g/mol. The van der Waals surface area contributed by atoms with Crippen molar-refractivity contribution in [2.75, 3.05) is 0 Å². The molecule has 0 amide bonds. The van der Waals surface area contributed by atoms with Crippen LogP contribution in [0, 0.1) is 6.92 Å². The third kappa shape index (κ3) is 3.97. The number of hydrogen-bond acceptors (Lipinski definition) is 6. The number of oxazole rings is 1. The van der Waals surface area contributed by atoms with Crippen molar-refractivity contribution in [1.82, 2.24) is 14.8 Å². The van der Waals surface area contributed by atoms with Gasteiger partial charge in [-0.15, -0.1) is 8.78 Å². The SMILES string of the molecule is Cc1nc(-c2ccc3c(c2)OC(F)(F)O3)c(-c2cc(Br)ccc2-c2cc(C(C)(C)O)nn2C)o1. The van der Waals surface area contributed by atoms with Gasteiger partial charge in [0.05, 0.1) is 11.4 Å². The molecule has 1 aliphatic heterocycles. The third-order valence-corrected chi connectivity index (χ3v) is 5.91. The third-order valence-electron chi connectivity index (χ3n) is 5.42. The van der Waals surface area contributed by atoms with Crippen molar-refractivity contribution in [2.45, 2.75) is 32.7 Å². The first kappa shape index (κ1) is 22.5. The summed E-state index contributed by atoms with van der Waals surface area (Å²) in [6, 6.07) is 12.0. The molecule has 0 radical (unpaired) electrons. The number of rotatable bonds is 4. The summed E-state index contributed by atoms with van der Waals surface area (Å²) in [6.07, 6.45) is -3.71. The number of benzene rings is 2. The number of fused-ring (bicyclic) bond motifs is 1. The number of alkyl halides is 2. The molecule has 3 heterocycles. The molecule has 5 rings (SSSR count). The van der Waals surface area contributed by atoms with Crippen LogP contribution in [0.3, 0.4) is 0 Å². The van der Waals surface area contributed by atoms with E-state index >= 15 is 0 Å². The average Bonchev–Trinajstić information content (AvgIpc) is 3.40. The lowest BCUT2D eigenvalue weighted by atomic mass is 9.97. The fourth-order valence-corrected chi connectivity index (χ4v) is 4.21. The maximum absolute atomic E-state index is 13.5. The predicted octanol–water partition coefficient (Wildman–Crippen LogP) is 6.03. The fraction of sp³-hybridized carbons (Fsp3) is 0.250. The predicted molar refractivity (Wildman–Crippen MR) is 123 cm³/mol. The highest BCUT2D eigenvalue weighted by Crippen LogP contribution is 2.45. The summed E-state index contributed by atoms with van der Waals surface area (Å²) in [5.74, 6) is 0.726. The van der Waals surface area contributed by atoms with E-state index < -0.39 is 11.9 Å². The van der Waals surface area contributed by atoms with Crippen molar-refractivity contribution in [2.24, 2.45) is 7.05 Å². The van der Waals surface area contributed by atoms with Gasteiger partial charge in [0, 0.05) is 35.1 Å². The van der Waals surface area contributed by atoms with Crippen LogP contribution in [0.5, 0.6) is 11.5 Å². The molecular formula is C24H20BrF2N3O4. The van der Waals surface area contributed by atoms with Gasteiger partial charge in [0.2, 0.25) is 0 Å². The molecule has 0 atom stereocenters. The topological polar surface area (TPSA) is 82.5 Å². The Morgan fingerprint density at radius 3 is 2.47 bits per heavy atom. The molecule has 4 aromatic rings. The molecule has 2 aromatic heterocycles. The van der Waals surface area contributed by atoms with Gasteiger partial charge in [-0.2, -0.15) is 5.10 Å². The summed E-state index contributed by atoms with van der Waals surface area (Å²) in [7, 11) is 1.79. The first-order valence-electron chi connectivity index (χ1n) is 10.4. The number of nitrogens with zero attached hydrogens (tertiary/aromatic N) is 3. The Kier molecular flexibility index (Phi) is 5.07. The first-order valence-corrected chi connectivity index (χ1v) is 11.2. The minimum Gasteiger partial charge on any atom is -0.440 e. The van der Waals surface area contributed by atoms with Crippen molar-refractivity contribution in [3.8, 4) is 45.3 Å². The van der Waals surface area contributed by atoms with Crippen LogP contribution in [0.2, 0.25) is 0 Å². The van der Waals surface area contributed by atoms with Gasteiger partial charge in [-0.3, -0.25) is 4.68 Å². The Morgan fingerprint density at radius 1 is 1.03 bits per heavy atom. The van der Waals surface area contributed by atoms with Gasteiger partial charge in [0.25, 0.3) is 0 Å². The molecular weight excluding hydrogens is 512 g/mol. The number of aromatic nitrogens is 3. The van der Waals surface area contributed by atoms with Crippen LogP contribution in [0.15, 0.2) is 51.4 Å². The summed E-state index contributed by atoms with van der Waals surface area (Å²) in [6.45, 7) is 5.05. The minimum atomic E-state index is -3.71. The molecule has 0 aliphatic carbocycles. The van der Waals surface area contributed by atoms with Crippen LogP contribution in [0.4, 0.5) is 8.78 Å². The number of hydrogen-bond donors (Lipinski definition) is 1. The smallest absolute Gasteiger partial charge is 0.440 e. The maximum atomic E-state index is 13.5. The number of aryl methyl sites for hydroxylation is 2. The Labute approximate surface area is 202 Å². The molecule has 1 aliphatic rings. The van der Waals surface area contributed by atoms with Gasteiger partial charge < -0.3 is 19.0 Å². The van der Waals surface area contributed by atoms with Crippen molar-refractivity contribution in [3.63, 3.8) is 0 Å². The van der Waals surface area contributed by atoms with E-state index in [1.54, 1.807) is 38.6 Å². The first-order chi connectivity index (χ1) is 15.9. The zero-order valence-electron chi connectivity index (χ0n) is 18.7. The lowest BCUT2D eigenvalue weighted by molar-refractivity contribution is -0.286. The van der Waals surface area contributed by atoms with Crippen LogP contribution < -0.4 is 9.47 Å². The number of aliphatic hydroxyl groups is 1. The van der Waals surface area contributed by atoms with Crippen molar-refractivity contribution < 1.29 is 27.8 Å². The van der Waals surface area contributed by atoms with Gasteiger partial charge >= 0.3 is 6.29 Å². The van der Waals surface area contributed by atoms with E-state index in [-0.39, 0.29) is 11.5 Å². The lowest BCUT2D eigenvalue weighted by Crippen LogP contribution is -2.25. The number of ether oxygens (including phenoxy) is 2. The fourth-order valence-electron chi connectivity index (χ4n) is 3.85. The second-order valence-electron chi connectivity index (χ2n) is 8.53. The second-order valence-corrected chi connectivity index (χ2v) is 9.44. The summed E-state index contributed by atoms with van der Waals surface area (Å²) in [4.78, 5) is 4.52. The molecule has 7 nitrogen and oxygen atoms in total. The molecule has 1 N–H and O–H groups in total. The van der Waals surface area contributed by atoms with E-state index in [9.17, 15) is 13.9 Å². The Balaban J connectivity index is 1.67. The summed E-state index contributed by atoms with van der Waals surface area (Å²) < 4.78 is 44.7. The zero-order chi connectivity index (χ0) is 24.4. The molecule has 176 valence electrons. The minimum absolute atomic E-state index is 0.0484. The van der Waals surface area contributed by atoms with E-state index in [1.165, 1.54) is 12.1 Å². The number of halogens is 3. The highest BCUT2D eigenvalue weighted by atomic mass is 79.9. The molecule has 34 heavy (non-hydrogen) atoms. The molecule has 0 unspecified atom stereocenters. The van der Waals surface area contributed by atoms with Crippen LogP contribution in [0.25, 0.3) is 33.8 Å². The normalized spacial score (nSPS) is 14.6. The highest BCUT2D eigenvalue weighted by molar-refractivity contribution is 9.10. The van der Waals surface area contributed by atoms with Gasteiger partial charge in [0.15, 0.2) is 23.1 Å². The summed E-state index contributed by atoms with van der Waals surface area (Å²) in [5.41, 5.74) is 2.64. The molecule has 0 bridgehead atoms. The molecule has 0 spiro atoms. The van der Waals surface area contributed by atoms with Gasteiger partial charge in [0.1, 0.15) is 11.3 Å². The van der Waals surface area contributed by atoms with E-state index in [0.717, 1.165) is 15.7 Å². The van der Waals surface area contributed by atoms with Crippen LogP contribution in [-0.4, -0.2) is 26.2 Å². The molecule has 0 saturated heterocycles. The standard InChI is InChI=1S/C24H20BrF2N3O4/c1-12-28-21(13-5-8-18-19(9-13)34-24(26,27)33-18)22(32-12)16-10-14(25)6-7-15(16)17-11-20(23(2,3)31)29-30(17)4/h5-11,31H,1-4H3. The van der Waals surface area contributed by atoms with Gasteiger partial charge in [-0.05, 0) is 50.2 Å². The van der Waals surface area contributed by atoms with E-state index in [2.05, 4.69) is 35.5 Å². The highest BCUT2D eigenvalue weighted by Gasteiger charge is 2.43. The summed E-state index contributed by atoms with van der Waals surface area (Å²) >= 11 is 3.52. The molecule has 2 aromatic carbocycles. The van der Waals surface area contributed by atoms with Crippen molar-refractivity contribution in [1.29, 1.82) is 0 Å². The molecule has 0 fully saturated rings. The second kappa shape index (κ2) is 7.64.